The van der Waals surface area contributed by atoms with E-state index in [1.807, 2.05) is 7.05 Å². The van der Waals surface area contributed by atoms with Crippen molar-refractivity contribution in [1.82, 2.24) is 24.6 Å². The number of fused-ring (bicyclic) bond motifs is 1. The van der Waals surface area contributed by atoms with Gasteiger partial charge in [0, 0.05) is 39.6 Å². The van der Waals surface area contributed by atoms with Crippen LogP contribution in [0.1, 0.15) is 68.3 Å². The summed E-state index contributed by atoms with van der Waals surface area (Å²) in [4.78, 5) is 25.7. The lowest BCUT2D eigenvalue weighted by molar-refractivity contribution is 0.0919. The quantitative estimate of drug-likeness (QED) is 0.597. The zero-order valence-electron chi connectivity index (χ0n) is 20.3. The number of piperidine rings is 1. The molecule has 33 heavy (non-hydrogen) atoms. The number of rotatable bonds is 7. The first-order valence-electron chi connectivity index (χ1n) is 13.2. The number of aryl methyl sites for hydroxylation is 1. The highest BCUT2D eigenvalue weighted by molar-refractivity contribution is 6.05. The van der Waals surface area contributed by atoms with E-state index in [-0.39, 0.29) is 5.78 Å². The number of hydrogen-bond acceptors (Lipinski definition) is 6. The third kappa shape index (κ3) is 5.40. The average Bonchev–Trinajstić information content (AvgIpc) is 3.37. The van der Waals surface area contributed by atoms with Gasteiger partial charge in [-0.2, -0.15) is 5.10 Å². The fourth-order valence-corrected chi connectivity index (χ4v) is 5.87. The van der Waals surface area contributed by atoms with Crippen molar-refractivity contribution in [2.75, 3.05) is 57.3 Å². The lowest BCUT2D eigenvalue weighted by atomic mass is 9.90. The van der Waals surface area contributed by atoms with Gasteiger partial charge in [0.05, 0.1) is 5.39 Å². The van der Waals surface area contributed by atoms with Crippen LogP contribution in [0.2, 0.25) is 0 Å². The van der Waals surface area contributed by atoms with Crippen LogP contribution in [-0.2, 0) is 7.05 Å². The minimum atomic E-state index is 0.181. The molecule has 0 unspecified atom stereocenters. The van der Waals surface area contributed by atoms with Crippen LogP contribution in [0, 0.1) is 5.92 Å². The summed E-state index contributed by atoms with van der Waals surface area (Å²) in [5.74, 6) is 1.68. The average molecular weight is 453 g/mol. The Hall–Kier alpha value is -1.99. The SMILES string of the molecule is Cn1nc(C(=O)CC2CCN(CCN3CCCC3)CC2)c2ccc(N3CCCCCC3)nc21. The molecule has 3 aliphatic heterocycles. The van der Waals surface area contributed by atoms with Crippen molar-refractivity contribution in [2.45, 2.75) is 57.8 Å². The highest BCUT2D eigenvalue weighted by atomic mass is 16.1. The first kappa shape index (κ1) is 22.8. The number of anilines is 1. The number of likely N-dealkylation sites (tertiary alicyclic amines) is 2. The molecule has 7 heteroatoms. The van der Waals surface area contributed by atoms with E-state index >= 15 is 0 Å². The summed E-state index contributed by atoms with van der Waals surface area (Å²) in [5, 5.41) is 5.53. The molecule has 3 saturated heterocycles. The van der Waals surface area contributed by atoms with Crippen LogP contribution in [0.15, 0.2) is 12.1 Å². The molecule has 3 aliphatic rings. The molecule has 5 rings (SSSR count). The Bertz CT molecular complexity index is 934. The molecule has 0 aliphatic carbocycles. The minimum absolute atomic E-state index is 0.181. The third-order valence-corrected chi connectivity index (χ3v) is 7.98. The van der Waals surface area contributed by atoms with E-state index in [0.717, 1.165) is 55.9 Å². The first-order chi connectivity index (χ1) is 16.2. The van der Waals surface area contributed by atoms with Crippen molar-refractivity contribution < 1.29 is 4.79 Å². The van der Waals surface area contributed by atoms with Gasteiger partial charge in [-0.25, -0.2) is 9.67 Å². The van der Waals surface area contributed by atoms with E-state index in [9.17, 15) is 4.79 Å². The van der Waals surface area contributed by atoms with Crippen LogP contribution in [0.25, 0.3) is 11.0 Å². The smallest absolute Gasteiger partial charge is 0.184 e. The lowest BCUT2D eigenvalue weighted by Gasteiger charge is -2.32. The number of nitrogens with zero attached hydrogens (tertiary/aromatic N) is 6. The van der Waals surface area contributed by atoms with Crippen molar-refractivity contribution in [2.24, 2.45) is 13.0 Å². The van der Waals surface area contributed by atoms with Crippen molar-refractivity contribution in [3.05, 3.63) is 17.8 Å². The Morgan fingerprint density at radius 2 is 1.52 bits per heavy atom. The number of Topliss-reactive ketones (excluding diaryl/α,β-unsaturated/α-hetero) is 1. The minimum Gasteiger partial charge on any atom is -0.357 e. The van der Waals surface area contributed by atoms with Gasteiger partial charge < -0.3 is 14.7 Å². The zero-order valence-corrected chi connectivity index (χ0v) is 20.3. The van der Waals surface area contributed by atoms with Gasteiger partial charge in [0.15, 0.2) is 11.4 Å². The summed E-state index contributed by atoms with van der Waals surface area (Å²) in [5.41, 5.74) is 1.44. The molecule has 7 nitrogen and oxygen atoms in total. The Morgan fingerprint density at radius 1 is 0.879 bits per heavy atom. The number of pyridine rings is 1. The van der Waals surface area contributed by atoms with Crippen molar-refractivity contribution in [3.63, 3.8) is 0 Å². The number of hydrogen-bond donors (Lipinski definition) is 0. The van der Waals surface area contributed by atoms with Crippen molar-refractivity contribution in [1.29, 1.82) is 0 Å². The number of aromatic nitrogens is 3. The van der Waals surface area contributed by atoms with Crippen LogP contribution in [0.4, 0.5) is 5.82 Å². The maximum absolute atomic E-state index is 13.2. The van der Waals surface area contributed by atoms with Gasteiger partial charge in [0.2, 0.25) is 0 Å². The monoisotopic (exact) mass is 452 g/mol. The number of carbonyl (C=O) groups excluding carboxylic acids is 1. The highest BCUT2D eigenvalue weighted by Crippen LogP contribution is 2.27. The molecular formula is C26H40N6O. The summed E-state index contributed by atoms with van der Waals surface area (Å²) in [6, 6.07) is 4.16. The molecule has 2 aromatic heterocycles. The molecule has 0 atom stereocenters. The van der Waals surface area contributed by atoms with Crippen LogP contribution < -0.4 is 4.90 Å². The largest absolute Gasteiger partial charge is 0.357 e. The van der Waals surface area contributed by atoms with Gasteiger partial charge in [-0.1, -0.05) is 12.8 Å². The highest BCUT2D eigenvalue weighted by Gasteiger charge is 2.25. The van der Waals surface area contributed by atoms with E-state index in [1.165, 1.54) is 64.7 Å². The summed E-state index contributed by atoms with van der Waals surface area (Å²) < 4.78 is 1.80. The molecule has 3 fully saturated rings. The van der Waals surface area contributed by atoms with Gasteiger partial charge >= 0.3 is 0 Å². The van der Waals surface area contributed by atoms with E-state index in [4.69, 9.17) is 4.98 Å². The van der Waals surface area contributed by atoms with Crippen LogP contribution in [-0.4, -0.2) is 82.7 Å². The van der Waals surface area contributed by atoms with Gasteiger partial charge in [-0.3, -0.25) is 4.79 Å². The maximum atomic E-state index is 13.2. The van der Waals surface area contributed by atoms with Gasteiger partial charge in [0.25, 0.3) is 0 Å². The molecule has 5 heterocycles. The van der Waals surface area contributed by atoms with Gasteiger partial charge in [-0.15, -0.1) is 0 Å². The summed E-state index contributed by atoms with van der Waals surface area (Å²) in [7, 11) is 1.91. The van der Waals surface area contributed by atoms with E-state index in [1.54, 1.807) is 4.68 Å². The zero-order chi connectivity index (χ0) is 22.6. The first-order valence-corrected chi connectivity index (χ1v) is 13.2. The molecule has 0 saturated carbocycles. The molecule has 180 valence electrons. The fourth-order valence-electron chi connectivity index (χ4n) is 5.87. The second-order valence-corrected chi connectivity index (χ2v) is 10.4. The molecule has 2 aromatic rings. The molecular weight excluding hydrogens is 412 g/mol. The molecule has 0 bridgehead atoms. The second kappa shape index (κ2) is 10.5. The maximum Gasteiger partial charge on any atom is 0.184 e. The molecule has 0 N–H and O–H groups in total. The summed E-state index contributed by atoms with van der Waals surface area (Å²) >= 11 is 0. The molecule has 0 spiro atoms. The van der Waals surface area contributed by atoms with Gasteiger partial charge in [-0.05, 0) is 82.8 Å². The van der Waals surface area contributed by atoms with Crippen molar-refractivity contribution in [3.8, 4) is 0 Å². The van der Waals surface area contributed by atoms with E-state index in [2.05, 4.69) is 31.9 Å². The summed E-state index contributed by atoms with van der Waals surface area (Å²) in [6.45, 7) is 9.31. The second-order valence-electron chi connectivity index (χ2n) is 10.4. The lowest BCUT2D eigenvalue weighted by Crippen LogP contribution is -2.39. The predicted octanol–water partition coefficient (Wildman–Crippen LogP) is 3.73. The Morgan fingerprint density at radius 3 is 2.21 bits per heavy atom. The fraction of sp³-hybridized carbons (Fsp3) is 0.731. The summed E-state index contributed by atoms with van der Waals surface area (Å²) in [6.07, 6.45) is 10.6. The Balaban J connectivity index is 1.18. The molecule has 0 aromatic carbocycles. The molecule has 0 radical (unpaired) electrons. The number of carbonyl (C=O) groups is 1. The van der Waals surface area contributed by atoms with E-state index < -0.39 is 0 Å². The standard InChI is InChI=1S/C26H40N6O/c1-29-26-22(8-9-24(27-26)32-14-4-2-3-5-15-32)25(28-29)23(33)20-21-10-16-31(17-11-21)19-18-30-12-6-7-13-30/h8-9,21H,2-7,10-20H2,1H3. The van der Waals surface area contributed by atoms with Gasteiger partial charge in [0.1, 0.15) is 11.5 Å². The van der Waals surface area contributed by atoms with Crippen LogP contribution in [0.3, 0.4) is 0 Å². The Labute approximate surface area is 198 Å². The van der Waals surface area contributed by atoms with Crippen molar-refractivity contribution >= 4 is 22.6 Å². The van der Waals surface area contributed by atoms with Crippen LogP contribution in [0.5, 0.6) is 0 Å². The third-order valence-electron chi connectivity index (χ3n) is 7.98. The molecule has 0 amide bonds. The predicted molar refractivity (Wildman–Crippen MR) is 133 cm³/mol. The van der Waals surface area contributed by atoms with Crippen LogP contribution >= 0.6 is 0 Å². The van der Waals surface area contributed by atoms with E-state index in [0.29, 0.717) is 18.0 Å². The Kier molecular flexibility index (Phi) is 7.26. The normalized spacial score (nSPS) is 21.7. The number of ketones is 1. The topological polar surface area (TPSA) is 57.5 Å².